The van der Waals surface area contributed by atoms with Crippen molar-refractivity contribution >= 4 is 39.1 Å². The van der Waals surface area contributed by atoms with E-state index in [2.05, 4.69) is 5.32 Å². The van der Waals surface area contributed by atoms with E-state index >= 15 is 0 Å². The highest BCUT2D eigenvalue weighted by Crippen LogP contribution is 2.28. The number of hydrogen-bond acceptors (Lipinski definition) is 5. The monoisotopic (exact) mass is 585 g/mol. The predicted molar refractivity (Wildman–Crippen MR) is 158 cm³/mol. The van der Waals surface area contributed by atoms with Crippen LogP contribution in [0.3, 0.4) is 0 Å². The summed E-state index contributed by atoms with van der Waals surface area (Å²) in [7, 11) is -2.71. The molecular weight excluding hydrogens is 550 g/mol. The summed E-state index contributed by atoms with van der Waals surface area (Å²) in [5, 5.41) is 3.24. The zero-order chi connectivity index (χ0) is 29.4. The number of nitrogens with one attached hydrogen (secondary N) is 1. The molecule has 40 heavy (non-hydrogen) atoms. The molecule has 0 radical (unpaired) electrons. The Hall–Kier alpha value is -3.56. The van der Waals surface area contributed by atoms with Crippen LogP contribution in [0.15, 0.2) is 77.7 Å². The molecule has 10 heteroatoms. The highest BCUT2D eigenvalue weighted by molar-refractivity contribution is 7.92. The number of carbonyl (C=O) groups excluding carboxylic acids is 2. The van der Waals surface area contributed by atoms with Gasteiger partial charge in [0, 0.05) is 17.6 Å². The first-order valence-electron chi connectivity index (χ1n) is 13.0. The number of halogens is 1. The largest absolute Gasteiger partial charge is 0.497 e. The molecule has 2 amide bonds. The van der Waals surface area contributed by atoms with Crippen LogP contribution in [0, 0.1) is 6.92 Å². The van der Waals surface area contributed by atoms with Crippen LogP contribution in [-0.2, 0) is 26.2 Å². The number of aryl methyl sites for hydroxylation is 1. The molecule has 0 saturated carbocycles. The topological polar surface area (TPSA) is 96.0 Å². The minimum Gasteiger partial charge on any atom is -0.497 e. The van der Waals surface area contributed by atoms with Gasteiger partial charge in [0.2, 0.25) is 11.8 Å². The number of anilines is 1. The second-order valence-corrected chi connectivity index (χ2v) is 12.0. The zero-order valence-electron chi connectivity index (χ0n) is 23.4. The highest BCUT2D eigenvalue weighted by Gasteiger charge is 2.33. The van der Waals surface area contributed by atoms with E-state index in [1.54, 1.807) is 25.1 Å². The van der Waals surface area contributed by atoms with E-state index in [9.17, 15) is 18.0 Å². The van der Waals surface area contributed by atoms with Gasteiger partial charge in [-0.1, -0.05) is 54.4 Å². The van der Waals surface area contributed by atoms with Crippen LogP contribution in [-0.4, -0.2) is 50.9 Å². The predicted octanol–water partition coefficient (Wildman–Crippen LogP) is 5.18. The standard InChI is InChI=1S/C30H36ClN3O5S/c1-6-22(3)32-30(36)23(4)33(19-24-10-7-9-21(2)17-24)29(35)20-34(26-12-8-11-25(31)18-26)40(37,38)28-15-13-27(39-5)14-16-28/h7-18,22-23H,6,19-20H2,1-5H3,(H,32,36)/t22-,23-/m0/s1. The summed E-state index contributed by atoms with van der Waals surface area (Å²) in [5.41, 5.74) is 2.05. The van der Waals surface area contributed by atoms with Crippen LogP contribution >= 0.6 is 11.6 Å². The first-order chi connectivity index (χ1) is 19.0. The third kappa shape index (κ3) is 7.76. The van der Waals surface area contributed by atoms with Gasteiger partial charge in [-0.15, -0.1) is 0 Å². The number of rotatable bonds is 12. The summed E-state index contributed by atoms with van der Waals surface area (Å²) in [6, 6.07) is 18.9. The maximum Gasteiger partial charge on any atom is 0.264 e. The summed E-state index contributed by atoms with van der Waals surface area (Å²) >= 11 is 6.21. The van der Waals surface area contributed by atoms with Crippen molar-refractivity contribution in [2.75, 3.05) is 18.0 Å². The van der Waals surface area contributed by atoms with Crippen molar-refractivity contribution in [1.29, 1.82) is 0 Å². The SMILES string of the molecule is CC[C@H](C)NC(=O)[C@H](C)N(Cc1cccc(C)c1)C(=O)CN(c1cccc(Cl)c1)S(=O)(=O)c1ccc(OC)cc1. The molecule has 0 unspecified atom stereocenters. The molecule has 0 saturated heterocycles. The van der Waals surface area contributed by atoms with Crippen molar-refractivity contribution in [2.45, 2.75) is 57.6 Å². The summed E-state index contributed by atoms with van der Waals surface area (Å²) in [4.78, 5) is 28.5. The van der Waals surface area contributed by atoms with Crippen molar-refractivity contribution in [2.24, 2.45) is 0 Å². The Morgan fingerprint density at radius 3 is 2.27 bits per heavy atom. The first kappa shape index (κ1) is 31.0. The molecule has 0 heterocycles. The molecular formula is C30H36ClN3O5S. The van der Waals surface area contributed by atoms with Crippen molar-refractivity contribution in [3.63, 3.8) is 0 Å². The molecule has 0 bridgehead atoms. The Labute approximate surface area is 241 Å². The van der Waals surface area contributed by atoms with Gasteiger partial charge in [0.1, 0.15) is 18.3 Å². The molecule has 2 atom stereocenters. The Morgan fingerprint density at radius 2 is 1.68 bits per heavy atom. The molecule has 3 rings (SSSR count). The van der Waals surface area contributed by atoms with Crippen LogP contribution in [0.4, 0.5) is 5.69 Å². The number of ether oxygens (including phenoxy) is 1. The number of hydrogen-bond donors (Lipinski definition) is 1. The summed E-state index contributed by atoms with van der Waals surface area (Å²) < 4.78 is 34.0. The minimum atomic E-state index is -4.20. The Morgan fingerprint density at radius 1 is 1.00 bits per heavy atom. The Kier molecular flexibility index (Phi) is 10.6. The average molecular weight is 586 g/mol. The number of benzene rings is 3. The molecule has 0 aliphatic heterocycles. The molecule has 0 aliphatic rings. The van der Waals surface area contributed by atoms with Crippen LogP contribution < -0.4 is 14.4 Å². The van der Waals surface area contributed by atoms with Crippen molar-refractivity contribution in [3.05, 3.63) is 88.9 Å². The second kappa shape index (κ2) is 13.7. The first-order valence-corrected chi connectivity index (χ1v) is 14.9. The van der Waals surface area contributed by atoms with E-state index in [1.807, 2.05) is 45.0 Å². The zero-order valence-corrected chi connectivity index (χ0v) is 25.0. The lowest BCUT2D eigenvalue weighted by atomic mass is 10.1. The molecule has 0 aliphatic carbocycles. The van der Waals surface area contributed by atoms with Crippen LogP contribution in [0.2, 0.25) is 5.02 Å². The van der Waals surface area contributed by atoms with Gasteiger partial charge in [0.25, 0.3) is 10.0 Å². The van der Waals surface area contributed by atoms with Crippen molar-refractivity contribution in [1.82, 2.24) is 10.2 Å². The highest BCUT2D eigenvalue weighted by atomic mass is 35.5. The van der Waals surface area contributed by atoms with Crippen LogP contribution in [0.1, 0.15) is 38.3 Å². The van der Waals surface area contributed by atoms with E-state index in [0.29, 0.717) is 10.8 Å². The molecule has 0 spiro atoms. The second-order valence-electron chi connectivity index (χ2n) is 9.67. The van der Waals surface area contributed by atoms with Gasteiger partial charge in [-0.25, -0.2) is 8.42 Å². The van der Waals surface area contributed by atoms with E-state index < -0.39 is 28.5 Å². The molecule has 8 nitrogen and oxygen atoms in total. The minimum absolute atomic E-state index is 0.0196. The Bertz CT molecular complexity index is 1430. The average Bonchev–Trinajstić information content (AvgIpc) is 2.93. The quantitative estimate of drug-likeness (QED) is 0.316. The molecule has 0 fully saturated rings. The van der Waals surface area contributed by atoms with Gasteiger partial charge in [-0.3, -0.25) is 13.9 Å². The lowest BCUT2D eigenvalue weighted by Gasteiger charge is -2.32. The molecule has 1 N–H and O–H groups in total. The summed E-state index contributed by atoms with van der Waals surface area (Å²) in [6.45, 7) is 7.02. The van der Waals surface area contributed by atoms with E-state index in [4.69, 9.17) is 16.3 Å². The van der Waals surface area contributed by atoms with Crippen LogP contribution in [0.5, 0.6) is 5.75 Å². The molecule has 0 aromatic heterocycles. The fraction of sp³-hybridized carbons (Fsp3) is 0.333. The van der Waals surface area contributed by atoms with Gasteiger partial charge in [0.05, 0.1) is 17.7 Å². The van der Waals surface area contributed by atoms with E-state index in [0.717, 1.165) is 21.9 Å². The molecule has 3 aromatic carbocycles. The lowest BCUT2D eigenvalue weighted by Crippen LogP contribution is -2.52. The fourth-order valence-corrected chi connectivity index (χ4v) is 5.68. The number of nitrogens with zero attached hydrogens (tertiary/aromatic N) is 2. The normalized spacial score (nSPS) is 12.8. The van der Waals surface area contributed by atoms with Gasteiger partial charge in [0.15, 0.2) is 0 Å². The van der Waals surface area contributed by atoms with Gasteiger partial charge in [-0.05, 0) is 75.2 Å². The van der Waals surface area contributed by atoms with Gasteiger partial charge >= 0.3 is 0 Å². The molecule has 214 valence electrons. The summed E-state index contributed by atoms with van der Waals surface area (Å²) in [5.74, 6) is -0.358. The Balaban J connectivity index is 2.03. The number of carbonyl (C=O) groups is 2. The van der Waals surface area contributed by atoms with E-state index in [-0.39, 0.29) is 29.1 Å². The van der Waals surface area contributed by atoms with Gasteiger partial charge in [-0.2, -0.15) is 0 Å². The number of sulfonamides is 1. The van der Waals surface area contributed by atoms with Crippen molar-refractivity contribution in [3.8, 4) is 5.75 Å². The van der Waals surface area contributed by atoms with Gasteiger partial charge < -0.3 is 15.0 Å². The van der Waals surface area contributed by atoms with Crippen LogP contribution in [0.25, 0.3) is 0 Å². The van der Waals surface area contributed by atoms with E-state index in [1.165, 1.54) is 42.3 Å². The molecule has 3 aromatic rings. The third-order valence-corrected chi connectivity index (χ3v) is 8.65. The van der Waals surface area contributed by atoms with Crippen molar-refractivity contribution < 1.29 is 22.7 Å². The number of methoxy groups -OCH3 is 1. The summed E-state index contributed by atoms with van der Waals surface area (Å²) in [6.07, 6.45) is 0.729. The maximum absolute atomic E-state index is 14.0. The maximum atomic E-state index is 14.0. The third-order valence-electron chi connectivity index (χ3n) is 6.63. The number of amides is 2. The fourth-order valence-electron chi connectivity index (χ4n) is 4.09. The lowest BCUT2D eigenvalue weighted by molar-refractivity contribution is -0.139. The smallest absolute Gasteiger partial charge is 0.264 e.